The van der Waals surface area contributed by atoms with Crippen LogP contribution in [0.25, 0.3) is 0 Å². The van der Waals surface area contributed by atoms with Crippen LogP contribution in [0.15, 0.2) is 36.5 Å². The van der Waals surface area contributed by atoms with Gasteiger partial charge in [0.15, 0.2) is 0 Å². The van der Waals surface area contributed by atoms with E-state index >= 15 is 0 Å². The van der Waals surface area contributed by atoms with Crippen LogP contribution in [0.2, 0.25) is 0 Å². The highest BCUT2D eigenvalue weighted by molar-refractivity contribution is 5.28. The summed E-state index contributed by atoms with van der Waals surface area (Å²) in [7, 11) is 0. The average molecular weight is 231 g/mol. The van der Waals surface area contributed by atoms with E-state index in [0.29, 0.717) is 17.9 Å². The zero-order valence-electron chi connectivity index (χ0n) is 9.90. The molecule has 0 atom stereocenters. The second-order valence-corrected chi connectivity index (χ2v) is 3.97. The van der Waals surface area contributed by atoms with Crippen LogP contribution in [0.3, 0.4) is 0 Å². The SMILES string of the molecule is Cc1ccc(OCc2ncccc2C)cc1F. The Morgan fingerprint density at radius 1 is 1.18 bits per heavy atom. The van der Waals surface area contributed by atoms with E-state index in [4.69, 9.17) is 4.74 Å². The van der Waals surface area contributed by atoms with Gasteiger partial charge in [0.2, 0.25) is 0 Å². The first-order chi connectivity index (χ1) is 8.16. The van der Waals surface area contributed by atoms with Crippen molar-refractivity contribution in [2.24, 2.45) is 0 Å². The Labute approximate surface area is 100 Å². The first kappa shape index (κ1) is 11.6. The first-order valence-corrected chi connectivity index (χ1v) is 5.46. The predicted molar refractivity (Wildman–Crippen MR) is 64.4 cm³/mol. The van der Waals surface area contributed by atoms with Gasteiger partial charge in [0.05, 0.1) is 5.69 Å². The first-order valence-electron chi connectivity index (χ1n) is 5.46. The second kappa shape index (κ2) is 4.95. The van der Waals surface area contributed by atoms with E-state index in [-0.39, 0.29) is 5.82 Å². The summed E-state index contributed by atoms with van der Waals surface area (Å²) >= 11 is 0. The fourth-order valence-corrected chi connectivity index (χ4v) is 1.48. The van der Waals surface area contributed by atoms with Gasteiger partial charge >= 0.3 is 0 Å². The molecule has 0 fully saturated rings. The van der Waals surface area contributed by atoms with Crippen molar-refractivity contribution in [1.82, 2.24) is 4.98 Å². The summed E-state index contributed by atoms with van der Waals surface area (Å²) in [6.07, 6.45) is 1.72. The van der Waals surface area contributed by atoms with E-state index in [1.165, 1.54) is 6.07 Å². The molecule has 3 heteroatoms. The number of benzene rings is 1. The molecule has 0 amide bonds. The Morgan fingerprint density at radius 3 is 2.71 bits per heavy atom. The van der Waals surface area contributed by atoms with Crippen molar-refractivity contribution >= 4 is 0 Å². The van der Waals surface area contributed by atoms with Crippen LogP contribution in [0, 0.1) is 19.7 Å². The lowest BCUT2D eigenvalue weighted by Crippen LogP contribution is -2.00. The van der Waals surface area contributed by atoms with Gasteiger partial charge in [-0.05, 0) is 37.1 Å². The van der Waals surface area contributed by atoms with Crippen LogP contribution >= 0.6 is 0 Å². The van der Waals surface area contributed by atoms with E-state index < -0.39 is 0 Å². The Kier molecular flexibility index (Phi) is 3.38. The van der Waals surface area contributed by atoms with Crippen molar-refractivity contribution in [2.75, 3.05) is 0 Å². The molecule has 0 radical (unpaired) electrons. The molecule has 0 bridgehead atoms. The van der Waals surface area contributed by atoms with Crippen molar-refractivity contribution in [3.05, 3.63) is 59.2 Å². The minimum Gasteiger partial charge on any atom is -0.487 e. The van der Waals surface area contributed by atoms with Gasteiger partial charge in [-0.2, -0.15) is 0 Å². The fourth-order valence-electron chi connectivity index (χ4n) is 1.48. The van der Waals surface area contributed by atoms with Gasteiger partial charge in [0.25, 0.3) is 0 Å². The van der Waals surface area contributed by atoms with Gasteiger partial charge in [-0.15, -0.1) is 0 Å². The molecule has 0 N–H and O–H groups in total. The molecule has 0 aliphatic heterocycles. The van der Waals surface area contributed by atoms with Crippen molar-refractivity contribution in [1.29, 1.82) is 0 Å². The summed E-state index contributed by atoms with van der Waals surface area (Å²) in [5.41, 5.74) is 2.56. The summed E-state index contributed by atoms with van der Waals surface area (Å²) in [5, 5.41) is 0. The number of ether oxygens (including phenoxy) is 1. The molecule has 88 valence electrons. The second-order valence-electron chi connectivity index (χ2n) is 3.97. The highest BCUT2D eigenvalue weighted by Gasteiger charge is 2.03. The van der Waals surface area contributed by atoms with Crippen LogP contribution in [0.1, 0.15) is 16.8 Å². The largest absolute Gasteiger partial charge is 0.487 e. The lowest BCUT2D eigenvalue weighted by atomic mass is 10.2. The summed E-state index contributed by atoms with van der Waals surface area (Å²) in [4.78, 5) is 4.21. The molecule has 1 aromatic heterocycles. The standard InChI is InChI=1S/C14H14FNO/c1-10-5-6-12(8-13(10)15)17-9-14-11(2)4-3-7-16-14/h3-8H,9H2,1-2H3. The topological polar surface area (TPSA) is 22.1 Å². The predicted octanol–water partition coefficient (Wildman–Crippen LogP) is 3.42. The van der Waals surface area contributed by atoms with Gasteiger partial charge < -0.3 is 4.74 Å². The molecular weight excluding hydrogens is 217 g/mol. The Balaban J connectivity index is 2.08. The molecule has 2 nitrogen and oxygen atoms in total. The maximum absolute atomic E-state index is 13.3. The van der Waals surface area contributed by atoms with E-state index in [2.05, 4.69) is 4.98 Å². The molecule has 0 spiro atoms. The highest BCUT2D eigenvalue weighted by atomic mass is 19.1. The smallest absolute Gasteiger partial charge is 0.130 e. The molecule has 1 heterocycles. The molecular formula is C14H14FNO. The number of aromatic nitrogens is 1. The molecule has 2 rings (SSSR count). The Bertz CT molecular complexity index is 525. The number of hydrogen-bond donors (Lipinski definition) is 0. The van der Waals surface area contributed by atoms with Crippen molar-refractivity contribution < 1.29 is 9.13 Å². The molecule has 2 aromatic rings. The van der Waals surface area contributed by atoms with E-state index in [0.717, 1.165) is 11.3 Å². The number of halogens is 1. The van der Waals surface area contributed by atoms with Gasteiger partial charge in [0.1, 0.15) is 18.2 Å². The molecule has 0 unspecified atom stereocenters. The van der Waals surface area contributed by atoms with Crippen LogP contribution in [-0.4, -0.2) is 4.98 Å². The fraction of sp³-hybridized carbons (Fsp3) is 0.214. The minimum absolute atomic E-state index is 0.250. The summed E-state index contributed by atoms with van der Waals surface area (Å²) in [5.74, 6) is 0.276. The number of pyridine rings is 1. The lowest BCUT2D eigenvalue weighted by molar-refractivity contribution is 0.299. The average Bonchev–Trinajstić information content (AvgIpc) is 2.32. The molecule has 17 heavy (non-hydrogen) atoms. The summed E-state index contributed by atoms with van der Waals surface area (Å²) in [6.45, 7) is 4.05. The molecule has 0 saturated carbocycles. The van der Waals surface area contributed by atoms with Crippen molar-refractivity contribution in [3.8, 4) is 5.75 Å². The third-order valence-corrected chi connectivity index (χ3v) is 2.64. The van der Waals surface area contributed by atoms with Crippen LogP contribution in [0.5, 0.6) is 5.75 Å². The lowest BCUT2D eigenvalue weighted by Gasteiger charge is -2.08. The van der Waals surface area contributed by atoms with Crippen molar-refractivity contribution in [3.63, 3.8) is 0 Å². The maximum atomic E-state index is 13.3. The number of aryl methyl sites for hydroxylation is 2. The van der Waals surface area contributed by atoms with Crippen LogP contribution in [-0.2, 0) is 6.61 Å². The molecule has 0 aliphatic rings. The Morgan fingerprint density at radius 2 is 2.00 bits per heavy atom. The summed E-state index contributed by atoms with van der Waals surface area (Å²) < 4.78 is 18.8. The third-order valence-electron chi connectivity index (χ3n) is 2.64. The number of nitrogens with zero attached hydrogens (tertiary/aromatic N) is 1. The van der Waals surface area contributed by atoms with Gasteiger partial charge in [0, 0.05) is 12.3 Å². The monoisotopic (exact) mass is 231 g/mol. The van der Waals surface area contributed by atoms with E-state index in [1.807, 2.05) is 19.1 Å². The van der Waals surface area contributed by atoms with Crippen molar-refractivity contribution in [2.45, 2.75) is 20.5 Å². The highest BCUT2D eigenvalue weighted by Crippen LogP contribution is 2.17. The van der Waals surface area contributed by atoms with Gasteiger partial charge in [-0.3, -0.25) is 4.98 Å². The zero-order valence-corrected chi connectivity index (χ0v) is 9.90. The van der Waals surface area contributed by atoms with Crippen LogP contribution < -0.4 is 4.74 Å². The number of hydrogen-bond acceptors (Lipinski definition) is 2. The maximum Gasteiger partial charge on any atom is 0.130 e. The van der Waals surface area contributed by atoms with Gasteiger partial charge in [-0.25, -0.2) is 4.39 Å². The molecule has 0 saturated heterocycles. The Hall–Kier alpha value is -1.90. The number of rotatable bonds is 3. The van der Waals surface area contributed by atoms with Crippen LogP contribution in [0.4, 0.5) is 4.39 Å². The summed E-state index contributed by atoms with van der Waals surface area (Å²) in [6, 6.07) is 8.71. The minimum atomic E-state index is -0.250. The van der Waals surface area contributed by atoms with E-state index in [9.17, 15) is 4.39 Å². The zero-order chi connectivity index (χ0) is 12.3. The molecule has 1 aromatic carbocycles. The van der Waals surface area contributed by atoms with Gasteiger partial charge in [-0.1, -0.05) is 12.1 Å². The third kappa shape index (κ3) is 2.81. The quantitative estimate of drug-likeness (QED) is 0.807. The molecule has 0 aliphatic carbocycles. The van der Waals surface area contributed by atoms with E-state index in [1.54, 1.807) is 25.3 Å². The normalized spacial score (nSPS) is 10.3.